The molecule has 1 atom stereocenters. The minimum Gasteiger partial charge on any atom is -0.496 e. The van der Waals surface area contributed by atoms with Gasteiger partial charge in [-0.05, 0) is 142 Å². The van der Waals surface area contributed by atoms with Gasteiger partial charge in [0.15, 0.2) is 0 Å². The molecule has 0 N–H and O–H groups in total. The first kappa shape index (κ1) is 22.3. The lowest BCUT2D eigenvalue weighted by atomic mass is 9.48. The van der Waals surface area contributed by atoms with Gasteiger partial charge in [0.2, 0.25) is 0 Å². The molecule has 1 heterocycles. The van der Waals surface area contributed by atoms with E-state index in [1.165, 1.54) is 72.2 Å². The highest BCUT2D eigenvalue weighted by Gasteiger charge is 2.52. The lowest BCUT2D eigenvalue weighted by Gasteiger charge is -2.57. The standard InChI is InChI=1S/C32H41NO/c1-7-25-14-27-21(3)16-31(4,5)33(29(27)10-20(25)2)26-8-9-30(34-6)28(15-26)32-17-22-11-23(18-32)13-24(12-22)19-32/h7-10,14-15,21-24H,1,11-13,16-19H2,2-6H3. The molecule has 4 aliphatic carbocycles. The third-order valence-corrected chi connectivity index (χ3v) is 9.87. The maximum atomic E-state index is 6.04. The predicted molar refractivity (Wildman–Crippen MR) is 143 cm³/mol. The minimum absolute atomic E-state index is 0.0435. The van der Waals surface area contributed by atoms with Crippen LogP contribution >= 0.6 is 0 Å². The maximum absolute atomic E-state index is 6.04. The molecule has 2 aromatic rings. The Labute approximate surface area is 206 Å². The molecule has 4 bridgehead atoms. The molecule has 0 saturated heterocycles. The smallest absolute Gasteiger partial charge is 0.122 e. The van der Waals surface area contributed by atoms with Gasteiger partial charge in [0.25, 0.3) is 0 Å². The molecule has 180 valence electrons. The molecule has 1 unspecified atom stereocenters. The first-order valence-electron chi connectivity index (χ1n) is 13.5. The zero-order valence-corrected chi connectivity index (χ0v) is 21.8. The largest absolute Gasteiger partial charge is 0.496 e. The first-order valence-corrected chi connectivity index (χ1v) is 13.5. The number of rotatable bonds is 4. The number of hydrogen-bond acceptors (Lipinski definition) is 2. The van der Waals surface area contributed by atoms with Crippen LogP contribution in [-0.2, 0) is 5.41 Å². The number of methoxy groups -OCH3 is 1. The number of nitrogens with zero attached hydrogens (tertiary/aromatic N) is 1. The molecule has 4 fully saturated rings. The number of fused-ring (bicyclic) bond motifs is 1. The summed E-state index contributed by atoms with van der Waals surface area (Å²) in [5.41, 5.74) is 8.56. The van der Waals surface area contributed by atoms with E-state index in [1.54, 1.807) is 0 Å². The Bertz CT molecular complexity index is 1110. The molecule has 34 heavy (non-hydrogen) atoms. The summed E-state index contributed by atoms with van der Waals surface area (Å²) in [4.78, 5) is 2.63. The van der Waals surface area contributed by atoms with Crippen LogP contribution in [0, 0.1) is 24.7 Å². The van der Waals surface area contributed by atoms with Gasteiger partial charge in [0, 0.05) is 22.5 Å². The van der Waals surface area contributed by atoms with Crippen LogP contribution < -0.4 is 9.64 Å². The van der Waals surface area contributed by atoms with E-state index in [1.807, 2.05) is 13.2 Å². The fraction of sp³-hybridized carbons (Fsp3) is 0.562. The van der Waals surface area contributed by atoms with Crippen molar-refractivity contribution >= 4 is 17.5 Å². The highest BCUT2D eigenvalue weighted by atomic mass is 16.5. The van der Waals surface area contributed by atoms with Gasteiger partial charge in [-0.1, -0.05) is 19.6 Å². The number of benzene rings is 2. The number of ether oxygens (including phenoxy) is 1. The highest BCUT2D eigenvalue weighted by Crippen LogP contribution is 2.62. The Morgan fingerprint density at radius 1 is 0.971 bits per heavy atom. The third-order valence-electron chi connectivity index (χ3n) is 9.87. The fourth-order valence-corrected chi connectivity index (χ4v) is 8.99. The van der Waals surface area contributed by atoms with Crippen molar-refractivity contribution in [2.24, 2.45) is 17.8 Å². The number of anilines is 2. The molecule has 2 nitrogen and oxygen atoms in total. The summed E-state index contributed by atoms with van der Waals surface area (Å²) in [5.74, 6) is 4.40. The number of aryl methyl sites for hydroxylation is 1. The molecule has 2 heteroatoms. The molecule has 0 amide bonds. The summed E-state index contributed by atoms with van der Waals surface area (Å²) in [6.07, 6.45) is 11.6. The van der Waals surface area contributed by atoms with Crippen molar-refractivity contribution in [2.75, 3.05) is 12.0 Å². The van der Waals surface area contributed by atoms with Crippen molar-refractivity contribution in [3.8, 4) is 5.75 Å². The minimum atomic E-state index is 0.0435. The summed E-state index contributed by atoms with van der Waals surface area (Å²) in [6.45, 7) is 13.5. The lowest BCUT2D eigenvalue weighted by molar-refractivity contribution is -0.00614. The second kappa shape index (κ2) is 7.64. The molecule has 2 aromatic carbocycles. The van der Waals surface area contributed by atoms with Crippen molar-refractivity contribution in [3.05, 3.63) is 59.2 Å². The van der Waals surface area contributed by atoms with Gasteiger partial charge < -0.3 is 9.64 Å². The van der Waals surface area contributed by atoms with Crippen LogP contribution in [0.1, 0.15) is 93.9 Å². The molecule has 1 aliphatic heterocycles. The van der Waals surface area contributed by atoms with Gasteiger partial charge in [0.1, 0.15) is 5.75 Å². The van der Waals surface area contributed by atoms with Crippen molar-refractivity contribution in [2.45, 2.75) is 89.5 Å². The zero-order valence-electron chi connectivity index (χ0n) is 21.8. The highest BCUT2D eigenvalue weighted by molar-refractivity contribution is 5.75. The quantitative estimate of drug-likeness (QED) is 0.458. The molecular formula is C32H41NO. The predicted octanol–water partition coefficient (Wildman–Crippen LogP) is 8.54. The van der Waals surface area contributed by atoms with Crippen molar-refractivity contribution in [1.29, 1.82) is 0 Å². The van der Waals surface area contributed by atoms with E-state index in [9.17, 15) is 0 Å². The Hall–Kier alpha value is -2.22. The van der Waals surface area contributed by atoms with Gasteiger partial charge >= 0.3 is 0 Å². The van der Waals surface area contributed by atoms with E-state index in [2.05, 4.69) is 69.5 Å². The lowest BCUT2D eigenvalue weighted by Crippen LogP contribution is -2.49. The monoisotopic (exact) mass is 455 g/mol. The summed E-state index contributed by atoms with van der Waals surface area (Å²) in [5, 5.41) is 0. The van der Waals surface area contributed by atoms with Crippen LogP contribution in [0.3, 0.4) is 0 Å². The summed E-state index contributed by atoms with van der Waals surface area (Å²) >= 11 is 0. The second-order valence-electron chi connectivity index (χ2n) is 12.8. The van der Waals surface area contributed by atoms with Crippen LogP contribution in [0.15, 0.2) is 36.9 Å². The van der Waals surface area contributed by atoms with E-state index < -0.39 is 0 Å². The first-order chi connectivity index (χ1) is 16.2. The van der Waals surface area contributed by atoms with Crippen LogP contribution in [-0.4, -0.2) is 12.6 Å². The van der Waals surface area contributed by atoms with E-state index in [0.717, 1.165) is 29.9 Å². The maximum Gasteiger partial charge on any atom is 0.122 e. The molecule has 7 rings (SSSR count). The average Bonchev–Trinajstić information content (AvgIpc) is 2.77. The van der Waals surface area contributed by atoms with Gasteiger partial charge in [-0.25, -0.2) is 0 Å². The van der Waals surface area contributed by atoms with E-state index >= 15 is 0 Å². The number of hydrogen-bond donors (Lipinski definition) is 0. The third kappa shape index (κ3) is 3.28. The molecule has 0 aromatic heterocycles. The molecule has 0 radical (unpaired) electrons. The van der Waals surface area contributed by atoms with Gasteiger partial charge in [-0.3, -0.25) is 0 Å². The Morgan fingerprint density at radius 2 is 1.62 bits per heavy atom. The normalized spacial score (nSPS) is 33.0. The van der Waals surface area contributed by atoms with Crippen LogP contribution in [0.4, 0.5) is 11.4 Å². The topological polar surface area (TPSA) is 12.5 Å². The van der Waals surface area contributed by atoms with E-state index in [4.69, 9.17) is 4.74 Å². The summed E-state index contributed by atoms with van der Waals surface area (Å²) in [7, 11) is 1.86. The Kier molecular flexibility index (Phi) is 5.00. The average molecular weight is 456 g/mol. The Morgan fingerprint density at radius 3 is 2.21 bits per heavy atom. The van der Waals surface area contributed by atoms with Crippen molar-refractivity contribution in [3.63, 3.8) is 0 Å². The molecule has 5 aliphatic rings. The van der Waals surface area contributed by atoms with Gasteiger partial charge in [0.05, 0.1) is 7.11 Å². The van der Waals surface area contributed by atoms with Gasteiger partial charge in [-0.15, -0.1) is 0 Å². The zero-order chi connectivity index (χ0) is 23.8. The van der Waals surface area contributed by atoms with E-state index in [-0.39, 0.29) is 5.54 Å². The summed E-state index contributed by atoms with van der Waals surface area (Å²) < 4.78 is 6.04. The van der Waals surface area contributed by atoms with E-state index in [0.29, 0.717) is 11.3 Å². The van der Waals surface area contributed by atoms with Crippen LogP contribution in [0.25, 0.3) is 6.08 Å². The van der Waals surface area contributed by atoms with Gasteiger partial charge in [-0.2, -0.15) is 0 Å². The van der Waals surface area contributed by atoms with Crippen LogP contribution in [0.5, 0.6) is 5.75 Å². The SMILES string of the molecule is C=Cc1cc2c(cc1C)N(c1ccc(OC)c(C34CC5CC(CC(C5)C3)C4)c1)C(C)(C)CC2C. The van der Waals surface area contributed by atoms with Crippen LogP contribution in [0.2, 0.25) is 0 Å². The van der Waals surface area contributed by atoms with Crippen molar-refractivity contribution in [1.82, 2.24) is 0 Å². The Balaban J connectivity index is 1.50. The molecular weight excluding hydrogens is 414 g/mol. The fourth-order valence-electron chi connectivity index (χ4n) is 8.99. The molecule has 4 saturated carbocycles. The molecule has 0 spiro atoms. The second-order valence-corrected chi connectivity index (χ2v) is 12.8. The summed E-state index contributed by atoms with van der Waals surface area (Å²) in [6, 6.07) is 11.9. The van der Waals surface area contributed by atoms with Crippen molar-refractivity contribution < 1.29 is 4.74 Å².